The van der Waals surface area contributed by atoms with Crippen molar-refractivity contribution in [2.45, 2.75) is 38.9 Å². The molecule has 0 radical (unpaired) electrons. The highest BCUT2D eigenvalue weighted by atomic mass is 16.2. The Morgan fingerprint density at radius 1 is 1.17 bits per heavy atom. The highest BCUT2D eigenvalue weighted by molar-refractivity contribution is 5.92. The highest BCUT2D eigenvalue weighted by Gasteiger charge is 2.32. The van der Waals surface area contributed by atoms with Crippen molar-refractivity contribution in [2.24, 2.45) is 5.92 Å². The van der Waals surface area contributed by atoms with Crippen LogP contribution in [-0.2, 0) is 17.9 Å². The molecule has 0 unspecified atom stereocenters. The third kappa shape index (κ3) is 4.48. The van der Waals surface area contributed by atoms with Crippen LogP contribution in [-0.4, -0.2) is 68.9 Å². The number of fused-ring (bicyclic) bond motifs is 1. The van der Waals surface area contributed by atoms with Crippen LogP contribution in [0, 0.1) is 12.8 Å². The van der Waals surface area contributed by atoms with Gasteiger partial charge in [0, 0.05) is 44.1 Å². The van der Waals surface area contributed by atoms with E-state index in [1.165, 1.54) is 0 Å². The van der Waals surface area contributed by atoms with Crippen LogP contribution in [0.15, 0.2) is 30.7 Å². The van der Waals surface area contributed by atoms with Crippen LogP contribution in [0.25, 0.3) is 0 Å². The van der Waals surface area contributed by atoms with Gasteiger partial charge >= 0.3 is 0 Å². The third-order valence-electron chi connectivity index (χ3n) is 5.81. The summed E-state index contributed by atoms with van der Waals surface area (Å²) >= 11 is 0. The van der Waals surface area contributed by atoms with Crippen LogP contribution in [0.2, 0.25) is 0 Å². The van der Waals surface area contributed by atoms with E-state index in [0.717, 1.165) is 43.9 Å². The average Bonchev–Trinajstić information content (AvgIpc) is 3.10. The van der Waals surface area contributed by atoms with Crippen LogP contribution in [0.5, 0.6) is 0 Å². The number of likely N-dealkylation sites (N-methyl/N-ethyl adjacent to an activating group) is 1. The number of carbonyl (C=O) groups is 2. The predicted molar refractivity (Wildman–Crippen MR) is 108 cm³/mol. The minimum atomic E-state index is -0.152. The standard InChI is InChI=1S/C21H28N6O2/c1-15-4-3-5-19(23-15)20(28)24-17-7-6-16(11-25(2)12-17)21(29)26-8-9-27-14-22-10-18(27)13-26/h3-5,10,14,16-17H,6-9,11-13H2,1-2H3,(H,24,28)/t16-,17+/m1/s1. The Labute approximate surface area is 170 Å². The van der Waals surface area contributed by atoms with E-state index in [1.54, 1.807) is 6.07 Å². The summed E-state index contributed by atoms with van der Waals surface area (Å²) in [5, 5.41) is 3.10. The quantitative estimate of drug-likeness (QED) is 0.839. The molecule has 154 valence electrons. The Morgan fingerprint density at radius 2 is 2.03 bits per heavy atom. The minimum absolute atomic E-state index is 0.00963. The number of aromatic nitrogens is 3. The summed E-state index contributed by atoms with van der Waals surface area (Å²) in [6.07, 6.45) is 5.21. The Bertz CT molecular complexity index is 895. The molecule has 1 saturated heterocycles. The second-order valence-corrected chi connectivity index (χ2v) is 8.17. The molecule has 4 rings (SSSR count). The molecule has 4 heterocycles. The number of likely N-dealkylation sites (tertiary alicyclic amines) is 1. The molecule has 0 aliphatic carbocycles. The van der Waals surface area contributed by atoms with Gasteiger partial charge in [-0.25, -0.2) is 9.97 Å². The van der Waals surface area contributed by atoms with Gasteiger partial charge in [0.15, 0.2) is 0 Å². The first-order valence-corrected chi connectivity index (χ1v) is 10.2. The van der Waals surface area contributed by atoms with Crippen LogP contribution in [0.4, 0.5) is 0 Å². The van der Waals surface area contributed by atoms with Gasteiger partial charge in [0.25, 0.3) is 5.91 Å². The fourth-order valence-corrected chi connectivity index (χ4v) is 4.29. The SMILES string of the molecule is Cc1cccc(C(=O)N[C@H]2CC[C@@H](C(=O)N3CCn4cncc4C3)CN(C)C2)n1. The molecule has 0 spiro atoms. The number of aryl methyl sites for hydroxylation is 1. The molecule has 2 aromatic rings. The van der Waals surface area contributed by atoms with Gasteiger partial charge in [-0.05, 0) is 38.9 Å². The molecule has 2 atom stereocenters. The predicted octanol–water partition coefficient (Wildman–Crippen LogP) is 1.07. The molecular formula is C21H28N6O2. The van der Waals surface area contributed by atoms with Gasteiger partial charge in [0.05, 0.1) is 24.5 Å². The van der Waals surface area contributed by atoms with E-state index >= 15 is 0 Å². The largest absolute Gasteiger partial charge is 0.347 e. The number of nitrogens with zero attached hydrogens (tertiary/aromatic N) is 5. The molecule has 8 nitrogen and oxygen atoms in total. The molecule has 29 heavy (non-hydrogen) atoms. The molecule has 8 heteroatoms. The molecule has 1 fully saturated rings. The lowest BCUT2D eigenvalue weighted by Gasteiger charge is -2.31. The van der Waals surface area contributed by atoms with Crippen molar-refractivity contribution in [1.82, 2.24) is 29.7 Å². The maximum Gasteiger partial charge on any atom is 0.270 e. The molecule has 0 saturated carbocycles. The van der Waals surface area contributed by atoms with Gasteiger partial charge in [-0.15, -0.1) is 0 Å². The molecule has 0 aromatic carbocycles. The minimum Gasteiger partial charge on any atom is -0.347 e. The van der Waals surface area contributed by atoms with Crippen molar-refractivity contribution in [3.63, 3.8) is 0 Å². The van der Waals surface area contributed by atoms with E-state index < -0.39 is 0 Å². The number of nitrogens with one attached hydrogen (secondary N) is 1. The number of amides is 2. The summed E-state index contributed by atoms with van der Waals surface area (Å²) in [5.41, 5.74) is 2.35. The summed E-state index contributed by atoms with van der Waals surface area (Å²) in [7, 11) is 2.01. The van der Waals surface area contributed by atoms with Gasteiger partial charge in [0.2, 0.25) is 5.91 Å². The molecular weight excluding hydrogens is 368 g/mol. The molecule has 2 aliphatic rings. The van der Waals surface area contributed by atoms with Crippen LogP contribution in [0.3, 0.4) is 0 Å². The fraction of sp³-hybridized carbons (Fsp3) is 0.524. The molecule has 2 aromatic heterocycles. The van der Waals surface area contributed by atoms with Gasteiger partial charge in [0.1, 0.15) is 5.69 Å². The van der Waals surface area contributed by atoms with Crippen LogP contribution >= 0.6 is 0 Å². The molecule has 2 aliphatic heterocycles. The van der Waals surface area contributed by atoms with Crippen LogP contribution < -0.4 is 5.32 Å². The zero-order valence-electron chi connectivity index (χ0n) is 17.0. The van der Waals surface area contributed by atoms with Crippen molar-refractivity contribution >= 4 is 11.8 Å². The number of pyridine rings is 1. The zero-order valence-corrected chi connectivity index (χ0v) is 17.0. The first kappa shape index (κ1) is 19.6. The summed E-state index contributed by atoms with van der Waals surface area (Å²) < 4.78 is 2.11. The molecule has 1 N–H and O–H groups in total. The zero-order chi connectivity index (χ0) is 20.4. The second kappa shape index (κ2) is 8.32. The topological polar surface area (TPSA) is 83.4 Å². The van der Waals surface area contributed by atoms with Crippen molar-refractivity contribution in [3.8, 4) is 0 Å². The number of hydrogen-bond acceptors (Lipinski definition) is 5. The van der Waals surface area contributed by atoms with Gasteiger partial charge in [-0.2, -0.15) is 0 Å². The Kier molecular flexibility index (Phi) is 5.62. The summed E-state index contributed by atoms with van der Waals surface area (Å²) in [4.78, 5) is 38.3. The monoisotopic (exact) mass is 396 g/mol. The van der Waals surface area contributed by atoms with Crippen molar-refractivity contribution < 1.29 is 9.59 Å². The van der Waals surface area contributed by atoms with Crippen molar-refractivity contribution in [2.75, 3.05) is 26.7 Å². The smallest absolute Gasteiger partial charge is 0.270 e. The van der Waals surface area contributed by atoms with Crippen molar-refractivity contribution in [3.05, 3.63) is 47.8 Å². The normalized spacial score (nSPS) is 22.6. The number of rotatable bonds is 3. The maximum atomic E-state index is 13.1. The summed E-state index contributed by atoms with van der Waals surface area (Å²) in [5.74, 6) is 0.00580. The Morgan fingerprint density at radius 3 is 2.86 bits per heavy atom. The lowest BCUT2D eigenvalue weighted by atomic mass is 9.99. The first-order valence-electron chi connectivity index (χ1n) is 10.2. The van der Waals surface area contributed by atoms with Crippen LogP contribution in [0.1, 0.15) is 34.7 Å². The summed E-state index contributed by atoms with van der Waals surface area (Å²) in [6.45, 7) is 5.46. The Hall–Kier alpha value is -2.74. The maximum absolute atomic E-state index is 13.1. The molecule has 2 amide bonds. The van der Waals surface area contributed by atoms with E-state index in [-0.39, 0.29) is 23.8 Å². The summed E-state index contributed by atoms with van der Waals surface area (Å²) in [6, 6.07) is 5.46. The highest BCUT2D eigenvalue weighted by Crippen LogP contribution is 2.21. The second-order valence-electron chi connectivity index (χ2n) is 8.17. The van der Waals surface area contributed by atoms with E-state index in [0.29, 0.717) is 18.8 Å². The van der Waals surface area contributed by atoms with Gasteiger partial charge in [-0.1, -0.05) is 6.07 Å². The van der Waals surface area contributed by atoms with E-state index in [9.17, 15) is 9.59 Å². The average molecular weight is 396 g/mol. The molecule has 0 bridgehead atoms. The van der Waals surface area contributed by atoms with E-state index in [2.05, 4.69) is 24.8 Å². The first-order chi connectivity index (χ1) is 14.0. The van der Waals surface area contributed by atoms with Gasteiger partial charge in [-0.3, -0.25) is 9.59 Å². The van der Waals surface area contributed by atoms with E-state index in [1.807, 2.05) is 43.5 Å². The number of hydrogen-bond donors (Lipinski definition) is 1. The lowest BCUT2D eigenvalue weighted by molar-refractivity contribution is -0.137. The lowest BCUT2D eigenvalue weighted by Crippen LogP contribution is -2.44. The Balaban J connectivity index is 1.36. The number of carbonyl (C=O) groups excluding carboxylic acids is 2. The number of imidazole rings is 1. The third-order valence-corrected chi connectivity index (χ3v) is 5.81. The van der Waals surface area contributed by atoms with Crippen molar-refractivity contribution in [1.29, 1.82) is 0 Å². The van der Waals surface area contributed by atoms with Gasteiger partial charge < -0.3 is 19.7 Å². The fourth-order valence-electron chi connectivity index (χ4n) is 4.29. The van der Waals surface area contributed by atoms with E-state index in [4.69, 9.17) is 0 Å².